The second-order valence-electron chi connectivity index (χ2n) is 7.17. The van der Waals surface area contributed by atoms with Gasteiger partial charge in [-0.25, -0.2) is 4.68 Å². The van der Waals surface area contributed by atoms with Gasteiger partial charge in [-0.2, -0.15) is 10.2 Å². The second kappa shape index (κ2) is 6.97. The molecule has 0 bridgehead atoms. The van der Waals surface area contributed by atoms with Gasteiger partial charge in [0.15, 0.2) is 5.69 Å². The SMILES string of the molecule is O=C(c1n[nH]c2ccccc12)N1CC(Cn2nc(-c3cccnc3)ccc2=O)C1. The highest BCUT2D eigenvalue weighted by Gasteiger charge is 2.33. The van der Waals surface area contributed by atoms with Crippen molar-refractivity contribution in [3.8, 4) is 11.3 Å². The van der Waals surface area contributed by atoms with Gasteiger partial charge in [-0.3, -0.25) is 19.7 Å². The van der Waals surface area contributed by atoms with Crippen molar-refractivity contribution < 1.29 is 4.79 Å². The Balaban J connectivity index is 1.28. The van der Waals surface area contributed by atoms with Crippen LogP contribution in [-0.4, -0.2) is 48.9 Å². The zero-order valence-electron chi connectivity index (χ0n) is 15.5. The minimum Gasteiger partial charge on any atom is -0.336 e. The molecule has 5 rings (SSSR count). The summed E-state index contributed by atoms with van der Waals surface area (Å²) in [5.74, 6) is 0.0848. The first-order valence-corrected chi connectivity index (χ1v) is 9.40. The molecule has 1 saturated heterocycles. The Morgan fingerprint density at radius 3 is 2.79 bits per heavy atom. The Morgan fingerprint density at radius 1 is 1.10 bits per heavy atom. The number of fused-ring (bicyclic) bond motifs is 1. The summed E-state index contributed by atoms with van der Waals surface area (Å²) in [6, 6.07) is 14.5. The third kappa shape index (κ3) is 3.18. The summed E-state index contributed by atoms with van der Waals surface area (Å²) in [5, 5.41) is 12.4. The number of aromatic nitrogens is 5. The number of benzene rings is 1. The van der Waals surface area contributed by atoms with Crippen LogP contribution in [0.15, 0.2) is 65.7 Å². The number of rotatable bonds is 4. The molecule has 0 atom stereocenters. The van der Waals surface area contributed by atoms with Crippen LogP contribution in [0.5, 0.6) is 0 Å². The third-order valence-electron chi connectivity index (χ3n) is 5.17. The maximum atomic E-state index is 12.8. The fourth-order valence-electron chi connectivity index (χ4n) is 3.62. The molecule has 3 aromatic heterocycles. The molecule has 0 aliphatic carbocycles. The molecular formula is C21H18N6O2. The third-order valence-corrected chi connectivity index (χ3v) is 5.17. The number of aromatic amines is 1. The predicted molar refractivity (Wildman–Crippen MR) is 107 cm³/mol. The van der Waals surface area contributed by atoms with Crippen LogP contribution in [0, 0.1) is 5.92 Å². The van der Waals surface area contributed by atoms with Crippen LogP contribution < -0.4 is 5.56 Å². The quantitative estimate of drug-likeness (QED) is 0.578. The highest BCUT2D eigenvalue weighted by molar-refractivity contribution is 6.04. The van der Waals surface area contributed by atoms with Gasteiger partial charge < -0.3 is 4.90 Å². The fourth-order valence-corrected chi connectivity index (χ4v) is 3.62. The number of para-hydroxylation sites is 1. The molecule has 0 radical (unpaired) electrons. The van der Waals surface area contributed by atoms with Gasteiger partial charge in [0, 0.05) is 48.4 Å². The highest BCUT2D eigenvalue weighted by atomic mass is 16.2. The van der Waals surface area contributed by atoms with Crippen LogP contribution in [-0.2, 0) is 6.54 Å². The smallest absolute Gasteiger partial charge is 0.275 e. The molecule has 1 fully saturated rings. The number of nitrogens with zero attached hydrogens (tertiary/aromatic N) is 5. The number of likely N-dealkylation sites (tertiary alicyclic amines) is 1. The molecule has 8 heteroatoms. The van der Waals surface area contributed by atoms with Gasteiger partial charge in [0.25, 0.3) is 11.5 Å². The summed E-state index contributed by atoms with van der Waals surface area (Å²) in [5.41, 5.74) is 2.69. The molecule has 0 saturated carbocycles. The van der Waals surface area contributed by atoms with Gasteiger partial charge >= 0.3 is 0 Å². The number of hydrogen-bond acceptors (Lipinski definition) is 5. The Bertz CT molecular complexity index is 1240. The molecule has 1 aliphatic heterocycles. The predicted octanol–water partition coefficient (Wildman–Crippen LogP) is 1.95. The lowest BCUT2D eigenvalue weighted by Crippen LogP contribution is -2.52. The molecule has 1 amide bonds. The van der Waals surface area contributed by atoms with Crippen molar-refractivity contribution in [2.45, 2.75) is 6.54 Å². The average molecular weight is 386 g/mol. The average Bonchev–Trinajstić information content (AvgIpc) is 3.16. The molecule has 4 aromatic rings. The zero-order valence-corrected chi connectivity index (χ0v) is 15.5. The van der Waals surface area contributed by atoms with E-state index in [0.29, 0.717) is 31.0 Å². The molecule has 29 heavy (non-hydrogen) atoms. The van der Waals surface area contributed by atoms with Crippen molar-refractivity contribution in [3.63, 3.8) is 0 Å². The molecule has 0 unspecified atom stereocenters. The van der Waals surface area contributed by atoms with Gasteiger partial charge in [-0.1, -0.05) is 18.2 Å². The van der Waals surface area contributed by atoms with Crippen LogP contribution >= 0.6 is 0 Å². The first-order chi connectivity index (χ1) is 14.2. The number of hydrogen-bond donors (Lipinski definition) is 1. The molecule has 144 valence electrons. The van der Waals surface area contributed by atoms with E-state index in [2.05, 4.69) is 20.3 Å². The van der Waals surface area contributed by atoms with E-state index >= 15 is 0 Å². The number of H-pyrrole nitrogens is 1. The lowest BCUT2D eigenvalue weighted by molar-refractivity contribution is 0.0454. The Hall–Kier alpha value is -3.81. The highest BCUT2D eigenvalue weighted by Crippen LogP contribution is 2.23. The normalized spacial score (nSPS) is 14.1. The van der Waals surface area contributed by atoms with Crippen molar-refractivity contribution in [2.75, 3.05) is 13.1 Å². The Morgan fingerprint density at radius 2 is 1.97 bits per heavy atom. The molecular weight excluding hydrogens is 368 g/mol. The van der Waals surface area contributed by atoms with E-state index in [-0.39, 0.29) is 17.4 Å². The lowest BCUT2D eigenvalue weighted by Gasteiger charge is -2.38. The van der Waals surface area contributed by atoms with Gasteiger partial charge in [-0.05, 0) is 24.3 Å². The fraction of sp³-hybridized carbons (Fsp3) is 0.190. The van der Waals surface area contributed by atoms with Crippen LogP contribution in [0.2, 0.25) is 0 Å². The zero-order chi connectivity index (χ0) is 19.8. The van der Waals surface area contributed by atoms with E-state index in [9.17, 15) is 9.59 Å². The van der Waals surface area contributed by atoms with Crippen molar-refractivity contribution >= 4 is 16.8 Å². The largest absolute Gasteiger partial charge is 0.336 e. The van der Waals surface area contributed by atoms with E-state index < -0.39 is 0 Å². The number of amides is 1. The van der Waals surface area contributed by atoms with Gasteiger partial charge in [0.1, 0.15) is 0 Å². The summed E-state index contributed by atoms with van der Waals surface area (Å²) in [7, 11) is 0. The van der Waals surface area contributed by atoms with Crippen LogP contribution in [0.3, 0.4) is 0 Å². The number of carbonyl (C=O) groups excluding carboxylic acids is 1. The van der Waals surface area contributed by atoms with Crippen molar-refractivity contribution in [1.82, 2.24) is 29.9 Å². The molecule has 0 spiro atoms. The first kappa shape index (κ1) is 17.3. The summed E-state index contributed by atoms with van der Waals surface area (Å²) in [6.45, 7) is 1.62. The van der Waals surface area contributed by atoms with E-state index in [1.54, 1.807) is 23.4 Å². The van der Waals surface area contributed by atoms with E-state index in [1.165, 1.54) is 10.7 Å². The standard InChI is InChI=1S/C21H18N6O2/c28-19-8-7-17(15-4-3-9-22-10-15)25-27(19)13-14-11-26(12-14)21(29)20-16-5-1-2-6-18(16)23-24-20/h1-10,14H,11-13H2,(H,23,24). The van der Waals surface area contributed by atoms with Crippen molar-refractivity contribution in [2.24, 2.45) is 5.92 Å². The van der Waals surface area contributed by atoms with Gasteiger partial charge in [0.2, 0.25) is 0 Å². The summed E-state index contributed by atoms with van der Waals surface area (Å²) in [4.78, 5) is 30.8. The molecule has 4 heterocycles. The first-order valence-electron chi connectivity index (χ1n) is 9.40. The molecule has 1 aliphatic rings. The monoisotopic (exact) mass is 386 g/mol. The van der Waals surface area contributed by atoms with Crippen molar-refractivity contribution in [3.05, 3.63) is 77.0 Å². The number of carbonyl (C=O) groups is 1. The van der Waals surface area contributed by atoms with Gasteiger partial charge in [0.05, 0.1) is 17.8 Å². The second-order valence-corrected chi connectivity index (χ2v) is 7.17. The summed E-state index contributed by atoms with van der Waals surface area (Å²) < 4.78 is 1.47. The maximum absolute atomic E-state index is 12.8. The van der Waals surface area contributed by atoms with E-state index in [1.807, 2.05) is 36.4 Å². The number of nitrogens with one attached hydrogen (secondary N) is 1. The summed E-state index contributed by atoms with van der Waals surface area (Å²) in [6.07, 6.45) is 3.41. The summed E-state index contributed by atoms with van der Waals surface area (Å²) >= 11 is 0. The molecule has 1 N–H and O–H groups in total. The maximum Gasteiger partial charge on any atom is 0.275 e. The van der Waals surface area contributed by atoms with E-state index in [0.717, 1.165) is 16.5 Å². The molecule has 8 nitrogen and oxygen atoms in total. The van der Waals surface area contributed by atoms with E-state index in [4.69, 9.17) is 0 Å². The minimum absolute atomic E-state index is 0.0943. The topological polar surface area (TPSA) is 96.8 Å². The van der Waals surface area contributed by atoms with Crippen LogP contribution in [0.1, 0.15) is 10.5 Å². The van der Waals surface area contributed by atoms with Gasteiger partial charge in [-0.15, -0.1) is 0 Å². The van der Waals surface area contributed by atoms with Crippen LogP contribution in [0.25, 0.3) is 22.2 Å². The lowest BCUT2D eigenvalue weighted by atomic mass is 9.99. The Labute approximate surface area is 165 Å². The number of pyridine rings is 1. The van der Waals surface area contributed by atoms with Crippen molar-refractivity contribution in [1.29, 1.82) is 0 Å². The molecule has 1 aromatic carbocycles. The van der Waals surface area contributed by atoms with Crippen LogP contribution in [0.4, 0.5) is 0 Å². The minimum atomic E-state index is -0.152. The Kier molecular flexibility index (Phi) is 4.16.